The molecule has 3 nitrogen and oxygen atoms in total. The van der Waals surface area contributed by atoms with Crippen molar-refractivity contribution in [2.45, 2.75) is 26.4 Å². The van der Waals surface area contributed by atoms with Crippen LogP contribution in [0.2, 0.25) is 0 Å². The largest absolute Gasteiger partial charge is 0.386 e. The minimum atomic E-state index is -0.774. The number of likely N-dealkylation sites (tertiary alicyclic amines) is 1. The summed E-state index contributed by atoms with van der Waals surface area (Å²) in [5.74, 6) is -0.361. The monoisotopic (exact) mass is 251 g/mol. The van der Waals surface area contributed by atoms with Gasteiger partial charge in [0.15, 0.2) is 0 Å². The smallest absolute Gasteiger partial charge is 0.254 e. The summed E-state index contributed by atoms with van der Waals surface area (Å²) in [4.78, 5) is 13.8. The van der Waals surface area contributed by atoms with Gasteiger partial charge in [-0.05, 0) is 36.6 Å². The van der Waals surface area contributed by atoms with Crippen LogP contribution in [-0.2, 0) is 0 Å². The highest BCUT2D eigenvalue weighted by molar-refractivity contribution is 5.96. The average molecular weight is 251 g/mol. The Morgan fingerprint density at radius 2 is 2.06 bits per heavy atom. The summed E-state index contributed by atoms with van der Waals surface area (Å²) in [5, 5.41) is 10.1. The zero-order valence-corrected chi connectivity index (χ0v) is 10.9. The molecule has 1 aliphatic rings. The molecule has 1 fully saturated rings. The second-order valence-electron chi connectivity index (χ2n) is 5.38. The molecule has 1 N–H and O–H groups in total. The lowest BCUT2D eigenvalue weighted by atomic mass is 9.82. The molecule has 4 heteroatoms. The fourth-order valence-corrected chi connectivity index (χ4v) is 2.16. The third-order valence-electron chi connectivity index (χ3n) is 3.71. The summed E-state index contributed by atoms with van der Waals surface area (Å²) >= 11 is 0. The van der Waals surface area contributed by atoms with Crippen LogP contribution in [-0.4, -0.2) is 34.6 Å². The molecule has 1 aliphatic heterocycles. The number of aryl methyl sites for hydroxylation is 1. The molecule has 2 rings (SSSR count). The highest BCUT2D eigenvalue weighted by atomic mass is 19.1. The predicted octanol–water partition coefficient (Wildman–Crippen LogP) is 1.98. The zero-order valence-electron chi connectivity index (χ0n) is 10.9. The molecular weight excluding hydrogens is 233 g/mol. The standard InChI is InChI=1S/C14H18FNO2/c1-9(2)14(18)7-16(8-14)13(17)12-5-4-11(15)6-10(12)3/h4-6,9,18H,7-8H2,1-3H3. The topological polar surface area (TPSA) is 40.5 Å². The van der Waals surface area contributed by atoms with Crippen LogP contribution in [0.15, 0.2) is 18.2 Å². The average Bonchev–Trinajstić information content (AvgIpc) is 2.23. The molecule has 0 radical (unpaired) electrons. The van der Waals surface area contributed by atoms with Crippen LogP contribution in [0.3, 0.4) is 0 Å². The van der Waals surface area contributed by atoms with Crippen molar-refractivity contribution in [3.8, 4) is 0 Å². The van der Waals surface area contributed by atoms with Gasteiger partial charge in [0.2, 0.25) is 0 Å². The Morgan fingerprint density at radius 3 is 2.56 bits per heavy atom. The number of carbonyl (C=O) groups is 1. The van der Waals surface area contributed by atoms with E-state index < -0.39 is 5.60 Å². The number of β-amino-alcohol motifs (C(OH)–C–C–N with tert-alkyl or cyclic N) is 1. The predicted molar refractivity (Wildman–Crippen MR) is 66.8 cm³/mol. The van der Waals surface area contributed by atoms with Crippen molar-refractivity contribution < 1.29 is 14.3 Å². The Labute approximate surface area is 106 Å². The zero-order chi connectivity index (χ0) is 13.5. The molecule has 0 unspecified atom stereocenters. The molecule has 1 heterocycles. The van der Waals surface area contributed by atoms with E-state index in [1.807, 2.05) is 13.8 Å². The van der Waals surface area contributed by atoms with Gasteiger partial charge in [0.25, 0.3) is 5.91 Å². The number of benzene rings is 1. The molecular formula is C14H18FNO2. The fourth-order valence-electron chi connectivity index (χ4n) is 2.16. The number of hydrogen-bond donors (Lipinski definition) is 1. The highest BCUT2D eigenvalue weighted by Gasteiger charge is 2.46. The number of halogens is 1. The fraction of sp³-hybridized carbons (Fsp3) is 0.500. The molecule has 0 atom stereocenters. The summed E-state index contributed by atoms with van der Waals surface area (Å²) in [7, 11) is 0. The van der Waals surface area contributed by atoms with Gasteiger partial charge in [0.05, 0.1) is 13.1 Å². The van der Waals surface area contributed by atoms with Crippen molar-refractivity contribution >= 4 is 5.91 Å². The summed E-state index contributed by atoms with van der Waals surface area (Å²) in [6.07, 6.45) is 0. The molecule has 0 aromatic heterocycles. The van der Waals surface area contributed by atoms with E-state index in [0.29, 0.717) is 24.2 Å². The summed E-state index contributed by atoms with van der Waals surface area (Å²) < 4.78 is 13.0. The molecule has 1 aromatic rings. The maximum Gasteiger partial charge on any atom is 0.254 e. The van der Waals surface area contributed by atoms with Crippen LogP contribution in [0.1, 0.15) is 29.8 Å². The van der Waals surface area contributed by atoms with Crippen molar-refractivity contribution in [1.82, 2.24) is 4.90 Å². The maximum atomic E-state index is 13.0. The number of rotatable bonds is 2. The summed E-state index contributed by atoms with van der Waals surface area (Å²) in [5.41, 5.74) is 0.353. The third-order valence-corrected chi connectivity index (χ3v) is 3.71. The number of hydrogen-bond acceptors (Lipinski definition) is 2. The maximum absolute atomic E-state index is 13.0. The van der Waals surface area contributed by atoms with Gasteiger partial charge in [-0.15, -0.1) is 0 Å². The van der Waals surface area contributed by atoms with Crippen LogP contribution < -0.4 is 0 Å². The van der Waals surface area contributed by atoms with Gasteiger partial charge in [-0.1, -0.05) is 13.8 Å². The van der Waals surface area contributed by atoms with Gasteiger partial charge in [-0.2, -0.15) is 0 Å². The van der Waals surface area contributed by atoms with Crippen LogP contribution in [0.4, 0.5) is 4.39 Å². The first kappa shape index (κ1) is 13.0. The van der Waals surface area contributed by atoms with Crippen LogP contribution in [0.25, 0.3) is 0 Å². The summed E-state index contributed by atoms with van der Waals surface area (Å²) in [6, 6.07) is 4.13. The van der Waals surface area contributed by atoms with E-state index in [4.69, 9.17) is 0 Å². The van der Waals surface area contributed by atoms with Gasteiger partial charge in [-0.25, -0.2) is 4.39 Å². The van der Waals surface area contributed by atoms with Gasteiger partial charge >= 0.3 is 0 Å². The number of nitrogens with zero attached hydrogens (tertiary/aromatic N) is 1. The number of carbonyl (C=O) groups excluding carboxylic acids is 1. The first-order chi connectivity index (χ1) is 8.33. The molecule has 0 saturated carbocycles. The van der Waals surface area contributed by atoms with Crippen molar-refractivity contribution in [3.63, 3.8) is 0 Å². The molecule has 0 bridgehead atoms. The van der Waals surface area contributed by atoms with E-state index in [2.05, 4.69) is 0 Å². The SMILES string of the molecule is Cc1cc(F)ccc1C(=O)N1CC(O)(C(C)C)C1. The van der Waals surface area contributed by atoms with Crippen molar-refractivity contribution in [2.24, 2.45) is 5.92 Å². The van der Waals surface area contributed by atoms with Crippen molar-refractivity contribution in [1.29, 1.82) is 0 Å². The Hall–Kier alpha value is -1.42. The van der Waals surface area contributed by atoms with E-state index in [9.17, 15) is 14.3 Å². The van der Waals surface area contributed by atoms with Crippen molar-refractivity contribution in [2.75, 3.05) is 13.1 Å². The van der Waals surface area contributed by atoms with Gasteiger partial charge in [-0.3, -0.25) is 4.79 Å². The van der Waals surface area contributed by atoms with E-state index in [1.54, 1.807) is 11.8 Å². The normalized spacial score (nSPS) is 17.8. The number of aliphatic hydroxyl groups is 1. The molecule has 0 spiro atoms. The Kier molecular flexibility index (Phi) is 3.15. The molecule has 1 saturated heterocycles. The Bertz CT molecular complexity index is 479. The minimum Gasteiger partial charge on any atom is -0.386 e. The second kappa shape index (κ2) is 4.35. The van der Waals surface area contributed by atoms with E-state index in [0.717, 1.165) is 0 Å². The first-order valence-corrected chi connectivity index (χ1v) is 6.11. The quantitative estimate of drug-likeness (QED) is 0.873. The van der Waals surface area contributed by atoms with E-state index in [-0.39, 0.29) is 17.6 Å². The lowest BCUT2D eigenvalue weighted by Crippen LogP contribution is -2.66. The van der Waals surface area contributed by atoms with E-state index >= 15 is 0 Å². The minimum absolute atomic E-state index is 0.121. The van der Waals surface area contributed by atoms with Crippen LogP contribution in [0.5, 0.6) is 0 Å². The highest BCUT2D eigenvalue weighted by Crippen LogP contribution is 2.30. The molecule has 98 valence electrons. The second-order valence-corrected chi connectivity index (χ2v) is 5.38. The third kappa shape index (κ3) is 2.12. The molecule has 18 heavy (non-hydrogen) atoms. The Balaban J connectivity index is 2.11. The van der Waals surface area contributed by atoms with Gasteiger partial charge in [0.1, 0.15) is 11.4 Å². The van der Waals surface area contributed by atoms with Crippen LogP contribution >= 0.6 is 0 Å². The molecule has 1 aromatic carbocycles. The molecule has 0 aliphatic carbocycles. The van der Waals surface area contributed by atoms with Gasteiger partial charge < -0.3 is 10.0 Å². The van der Waals surface area contributed by atoms with Crippen molar-refractivity contribution in [3.05, 3.63) is 35.1 Å². The first-order valence-electron chi connectivity index (χ1n) is 6.11. The van der Waals surface area contributed by atoms with E-state index in [1.165, 1.54) is 18.2 Å². The Morgan fingerprint density at radius 1 is 1.44 bits per heavy atom. The van der Waals surface area contributed by atoms with Crippen LogP contribution in [0, 0.1) is 18.7 Å². The molecule has 1 amide bonds. The summed E-state index contributed by atoms with van der Waals surface area (Å²) in [6.45, 7) is 6.28. The van der Waals surface area contributed by atoms with Gasteiger partial charge in [0, 0.05) is 5.56 Å². The lowest BCUT2D eigenvalue weighted by molar-refractivity contribution is -0.110. The number of amides is 1. The lowest BCUT2D eigenvalue weighted by Gasteiger charge is -2.49.